The Bertz CT molecular complexity index is 820. The third-order valence-corrected chi connectivity index (χ3v) is 3.84. The summed E-state index contributed by atoms with van der Waals surface area (Å²) in [5.74, 6) is 1.24. The van der Waals surface area contributed by atoms with Gasteiger partial charge in [0.15, 0.2) is 0 Å². The maximum absolute atomic E-state index is 12.3. The van der Waals surface area contributed by atoms with E-state index in [2.05, 4.69) is 5.32 Å². The second kappa shape index (κ2) is 8.13. The normalized spacial score (nSPS) is 11.6. The van der Waals surface area contributed by atoms with Crippen molar-refractivity contribution < 1.29 is 9.53 Å². The van der Waals surface area contributed by atoms with Gasteiger partial charge in [-0.3, -0.25) is 4.79 Å². The summed E-state index contributed by atoms with van der Waals surface area (Å²) in [7, 11) is 0. The topological polar surface area (TPSA) is 64.4 Å². The summed E-state index contributed by atoms with van der Waals surface area (Å²) >= 11 is 0. The molecule has 3 rings (SSSR count). The van der Waals surface area contributed by atoms with Crippen molar-refractivity contribution in [2.24, 2.45) is 5.73 Å². The molecule has 1 unspecified atom stereocenters. The van der Waals surface area contributed by atoms with Gasteiger partial charge in [0.05, 0.1) is 0 Å². The number of nitrogens with one attached hydrogen (secondary N) is 1. The number of benzene rings is 3. The maximum Gasteiger partial charge on any atom is 0.241 e. The summed E-state index contributed by atoms with van der Waals surface area (Å²) in [6, 6.07) is 25.8. The number of rotatable bonds is 6. The van der Waals surface area contributed by atoms with Crippen molar-refractivity contribution in [2.45, 2.75) is 12.6 Å². The highest BCUT2D eigenvalue weighted by molar-refractivity contribution is 5.82. The van der Waals surface area contributed by atoms with Gasteiger partial charge in [0.25, 0.3) is 0 Å². The van der Waals surface area contributed by atoms with Gasteiger partial charge in [-0.05, 0) is 23.8 Å². The van der Waals surface area contributed by atoms with Crippen molar-refractivity contribution in [2.75, 3.05) is 0 Å². The Hall–Kier alpha value is -3.11. The summed E-state index contributed by atoms with van der Waals surface area (Å²) in [6.45, 7) is 0.350. The quantitative estimate of drug-likeness (QED) is 0.722. The molecule has 0 spiro atoms. The van der Waals surface area contributed by atoms with Gasteiger partial charge in [0.1, 0.15) is 17.5 Å². The number of carbonyl (C=O) groups excluding carboxylic acids is 1. The Morgan fingerprint density at radius 3 is 2.20 bits per heavy atom. The first-order chi connectivity index (χ1) is 12.2. The van der Waals surface area contributed by atoms with E-state index in [0.717, 1.165) is 16.9 Å². The number of carbonyl (C=O) groups is 1. The molecule has 4 heteroatoms. The molecule has 25 heavy (non-hydrogen) atoms. The SMILES string of the molecule is NC(C(=O)NCc1ccccc1Oc1ccccc1)c1ccccc1. The van der Waals surface area contributed by atoms with E-state index in [4.69, 9.17) is 10.5 Å². The molecular formula is C21H20N2O2. The monoisotopic (exact) mass is 332 g/mol. The summed E-state index contributed by atoms with van der Waals surface area (Å²) in [4.78, 5) is 12.3. The van der Waals surface area contributed by atoms with Crippen molar-refractivity contribution >= 4 is 5.91 Å². The Kier molecular flexibility index (Phi) is 5.44. The zero-order chi connectivity index (χ0) is 17.5. The van der Waals surface area contributed by atoms with Crippen LogP contribution in [0.2, 0.25) is 0 Å². The highest BCUT2D eigenvalue weighted by Crippen LogP contribution is 2.25. The molecule has 3 aromatic carbocycles. The Morgan fingerprint density at radius 2 is 1.48 bits per heavy atom. The minimum absolute atomic E-state index is 0.222. The van der Waals surface area contributed by atoms with E-state index in [-0.39, 0.29) is 5.91 Å². The van der Waals surface area contributed by atoms with Gasteiger partial charge < -0.3 is 15.8 Å². The lowest BCUT2D eigenvalue weighted by Crippen LogP contribution is -2.33. The van der Waals surface area contributed by atoms with Gasteiger partial charge in [-0.2, -0.15) is 0 Å². The standard InChI is InChI=1S/C21H20N2O2/c22-20(16-9-3-1-4-10-16)21(24)23-15-17-11-7-8-14-19(17)25-18-12-5-2-6-13-18/h1-14,20H,15,22H2,(H,23,24). The number of hydrogen-bond acceptors (Lipinski definition) is 3. The minimum Gasteiger partial charge on any atom is -0.457 e. The van der Waals surface area contributed by atoms with E-state index in [1.807, 2.05) is 84.9 Å². The van der Waals surface area contributed by atoms with Gasteiger partial charge in [-0.15, -0.1) is 0 Å². The smallest absolute Gasteiger partial charge is 0.241 e. The Morgan fingerprint density at radius 1 is 0.880 bits per heavy atom. The van der Waals surface area contributed by atoms with Crippen LogP contribution in [0.5, 0.6) is 11.5 Å². The summed E-state index contributed by atoms with van der Waals surface area (Å²) in [5, 5.41) is 2.88. The molecule has 0 fully saturated rings. The van der Waals surface area contributed by atoms with Gasteiger partial charge in [-0.25, -0.2) is 0 Å². The average molecular weight is 332 g/mol. The fraction of sp³-hybridized carbons (Fsp3) is 0.0952. The third kappa shape index (κ3) is 4.46. The Balaban J connectivity index is 1.66. The fourth-order valence-corrected chi connectivity index (χ4v) is 2.47. The van der Waals surface area contributed by atoms with E-state index < -0.39 is 6.04 Å². The van der Waals surface area contributed by atoms with Crippen LogP contribution < -0.4 is 15.8 Å². The van der Waals surface area contributed by atoms with E-state index in [9.17, 15) is 4.79 Å². The van der Waals surface area contributed by atoms with E-state index in [1.165, 1.54) is 0 Å². The second-order valence-electron chi connectivity index (χ2n) is 5.63. The molecule has 0 saturated heterocycles. The molecule has 0 aliphatic rings. The third-order valence-electron chi connectivity index (χ3n) is 3.84. The van der Waals surface area contributed by atoms with Crippen molar-refractivity contribution in [3.8, 4) is 11.5 Å². The van der Waals surface area contributed by atoms with Crippen LogP contribution in [-0.2, 0) is 11.3 Å². The zero-order valence-electron chi connectivity index (χ0n) is 13.8. The summed E-state index contributed by atoms with van der Waals surface area (Å²) < 4.78 is 5.90. The zero-order valence-corrected chi connectivity index (χ0v) is 13.8. The molecule has 0 bridgehead atoms. The van der Waals surface area contributed by atoms with Crippen molar-refractivity contribution in [1.29, 1.82) is 0 Å². The van der Waals surface area contributed by atoms with E-state index in [0.29, 0.717) is 12.3 Å². The van der Waals surface area contributed by atoms with Crippen LogP contribution in [0.1, 0.15) is 17.2 Å². The Labute approximate surface area is 147 Å². The fourth-order valence-electron chi connectivity index (χ4n) is 2.47. The average Bonchev–Trinajstić information content (AvgIpc) is 2.68. The highest BCUT2D eigenvalue weighted by Gasteiger charge is 2.15. The maximum atomic E-state index is 12.3. The number of amides is 1. The summed E-state index contributed by atoms with van der Waals surface area (Å²) in [6.07, 6.45) is 0. The van der Waals surface area contributed by atoms with Crippen LogP contribution in [-0.4, -0.2) is 5.91 Å². The molecule has 0 heterocycles. The first-order valence-electron chi connectivity index (χ1n) is 8.13. The largest absolute Gasteiger partial charge is 0.457 e. The highest BCUT2D eigenvalue weighted by atomic mass is 16.5. The lowest BCUT2D eigenvalue weighted by Gasteiger charge is -2.15. The molecule has 3 N–H and O–H groups in total. The van der Waals surface area contributed by atoms with Crippen LogP contribution >= 0.6 is 0 Å². The van der Waals surface area contributed by atoms with Crippen LogP contribution in [0.15, 0.2) is 84.9 Å². The molecule has 0 aliphatic carbocycles. The lowest BCUT2D eigenvalue weighted by atomic mass is 10.1. The molecule has 126 valence electrons. The molecular weight excluding hydrogens is 312 g/mol. The van der Waals surface area contributed by atoms with Crippen LogP contribution in [0.25, 0.3) is 0 Å². The van der Waals surface area contributed by atoms with Crippen LogP contribution in [0, 0.1) is 0 Å². The van der Waals surface area contributed by atoms with Gasteiger partial charge in [0, 0.05) is 12.1 Å². The van der Waals surface area contributed by atoms with E-state index in [1.54, 1.807) is 0 Å². The molecule has 0 aromatic heterocycles. The number of para-hydroxylation sites is 2. The molecule has 1 atom stereocenters. The molecule has 3 aromatic rings. The molecule has 4 nitrogen and oxygen atoms in total. The lowest BCUT2D eigenvalue weighted by molar-refractivity contribution is -0.122. The van der Waals surface area contributed by atoms with Gasteiger partial charge in [-0.1, -0.05) is 66.7 Å². The van der Waals surface area contributed by atoms with Crippen LogP contribution in [0.4, 0.5) is 0 Å². The van der Waals surface area contributed by atoms with Gasteiger partial charge in [0.2, 0.25) is 5.91 Å². The molecule has 0 aliphatic heterocycles. The minimum atomic E-state index is -0.691. The van der Waals surface area contributed by atoms with E-state index >= 15 is 0 Å². The summed E-state index contributed by atoms with van der Waals surface area (Å²) in [5.41, 5.74) is 7.70. The number of ether oxygens (including phenoxy) is 1. The number of nitrogens with two attached hydrogens (primary N) is 1. The molecule has 0 radical (unpaired) electrons. The van der Waals surface area contributed by atoms with Crippen molar-refractivity contribution in [1.82, 2.24) is 5.32 Å². The molecule has 1 amide bonds. The van der Waals surface area contributed by atoms with Crippen LogP contribution in [0.3, 0.4) is 0 Å². The predicted molar refractivity (Wildman–Crippen MR) is 98.2 cm³/mol. The first kappa shape index (κ1) is 16.7. The second-order valence-corrected chi connectivity index (χ2v) is 5.63. The van der Waals surface area contributed by atoms with Crippen molar-refractivity contribution in [3.63, 3.8) is 0 Å². The number of hydrogen-bond donors (Lipinski definition) is 2. The predicted octanol–water partition coefficient (Wildman–Crippen LogP) is 3.80. The van der Waals surface area contributed by atoms with Gasteiger partial charge >= 0.3 is 0 Å². The first-order valence-corrected chi connectivity index (χ1v) is 8.13. The molecule has 0 saturated carbocycles. The van der Waals surface area contributed by atoms with Crippen molar-refractivity contribution in [3.05, 3.63) is 96.1 Å².